The maximum atomic E-state index is 5.76. The highest BCUT2D eigenvalue weighted by Crippen LogP contribution is 2.41. The van der Waals surface area contributed by atoms with Crippen molar-refractivity contribution < 1.29 is 9.47 Å². The summed E-state index contributed by atoms with van der Waals surface area (Å²) in [6.07, 6.45) is 0. The molecule has 5 heteroatoms. The normalized spacial score (nSPS) is 17.0. The molecule has 0 amide bonds. The van der Waals surface area contributed by atoms with Crippen molar-refractivity contribution in [1.82, 2.24) is 4.98 Å². The van der Waals surface area contributed by atoms with E-state index in [0.29, 0.717) is 0 Å². The summed E-state index contributed by atoms with van der Waals surface area (Å²) >= 11 is 1.67. The molecule has 1 aromatic carbocycles. The topological polar surface area (TPSA) is 43.4 Å². The number of nitrogens with zero attached hydrogens (tertiary/aromatic N) is 1. The van der Waals surface area contributed by atoms with E-state index >= 15 is 0 Å². The third-order valence-corrected chi connectivity index (χ3v) is 4.33. The van der Waals surface area contributed by atoms with Crippen molar-refractivity contribution in [3.63, 3.8) is 0 Å². The van der Waals surface area contributed by atoms with Gasteiger partial charge in [0.05, 0.1) is 17.2 Å². The third-order valence-electron chi connectivity index (χ3n) is 3.21. The third kappa shape index (κ3) is 2.45. The average molecular weight is 290 g/mol. The van der Waals surface area contributed by atoms with E-state index in [1.165, 1.54) is 4.88 Å². The molecular formula is C15H18N2O2S. The van der Waals surface area contributed by atoms with E-state index < -0.39 is 5.79 Å². The van der Waals surface area contributed by atoms with Crippen LogP contribution in [0.4, 0.5) is 5.69 Å². The summed E-state index contributed by atoms with van der Waals surface area (Å²) < 4.78 is 11.4. The Morgan fingerprint density at radius 3 is 2.70 bits per heavy atom. The van der Waals surface area contributed by atoms with Crippen molar-refractivity contribution >= 4 is 17.0 Å². The van der Waals surface area contributed by atoms with Crippen LogP contribution in [0.1, 0.15) is 37.4 Å². The lowest BCUT2D eigenvalue weighted by molar-refractivity contribution is -0.0431. The maximum absolute atomic E-state index is 5.76. The molecule has 0 radical (unpaired) electrons. The van der Waals surface area contributed by atoms with Crippen molar-refractivity contribution in [1.29, 1.82) is 0 Å². The zero-order chi connectivity index (χ0) is 14.3. The molecule has 3 rings (SSSR count). The van der Waals surface area contributed by atoms with Gasteiger partial charge in [0.2, 0.25) is 5.79 Å². The van der Waals surface area contributed by atoms with Crippen LogP contribution in [0.2, 0.25) is 0 Å². The Bertz CT molecular complexity index is 637. The van der Waals surface area contributed by atoms with Crippen molar-refractivity contribution in [2.24, 2.45) is 0 Å². The summed E-state index contributed by atoms with van der Waals surface area (Å²) in [7, 11) is 0. The highest BCUT2D eigenvalue weighted by Gasteiger charge is 2.31. The van der Waals surface area contributed by atoms with Gasteiger partial charge in [0, 0.05) is 30.5 Å². The van der Waals surface area contributed by atoms with Gasteiger partial charge in [-0.3, -0.25) is 0 Å². The number of nitrogens with one attached hydrogen (secondary N) is 1. The number of benzene rings is 1. The molecule has 2 heterocycles. The number of hydrogen-bond donors (Lipinski definition) is 1. The second-order valence-corrected chi connectivity index (χ2v) is 6.32. The molecule has 2 aromatic rings. The number of aromatic nitrogens is 1. The molecule has 1 atom stereocenters. The quantitative estimate of drug-likeness (QED) is 0.923. The number of anilines is 1. The Balaban J connectivity index is 1.79. The van der Waals surface area contributed by atoms with E-state index in [4.69, 9.17) is 9.47 Å². The van der Waals surface area contributed by atoms with E-state index in [0.717, 1.165) is 22.9 Å². The Hall–Kier alpha value is -1.75. The molecule has 1 aliphatic heterocycles. The van der Waals surface area contributed by atoms with E-state index in [1.807, 2.05) is 44.5 Å². The molecule has 0 saturated heterocycles. The highest BCUT2D eigenvalue weighted by atomic mass is 32.1. The molecule has 1 unspecified atom stereocenters. The highest BCUT2D eigenvalue weighted by molar-refractivity contribution is 7.09. The Morgan fingerprint density at radius 2 is 2.00 bits per heavy atom. The Labute approximate surface area is 122 Å². The summed E-state index contributed by atoms with van der Waals surface area (Å²) in [5.41, 5.74) is 3.98. The largest absolute Gasteiger partial charge is 0.449 e. The summed E-state index contributed by atoms with van der Waals surface area (Å²) in [5.74, 6) is 0.997. The van der Waals surface area contributed by atoms with Crippen molar-refractivity contribution in [3.8, 4) is 11.5 Å². The van der Waals surface area contributed by atoms with Crippen LogP contribution in [0.15, 0.2) is 23.7 Å². The average Bonchev–Trinajstić information content (AvgIpc) is 2.90. The first-order chi connectivity index (χ1) is 9.44. The fraction of sp³-hybridized carbons (Fsp3) is 0.400. The zero-order valence-electron chi connectivity index (χ0n) is 12.1. The van der Waals surface area contributed by atoms with Crippen molar-refractivity contribution in [2.45, 2.75) is 39.5 Å². The Kier molecular flexibility index (Phi) is 3.09. The van der Waals surface area contributed by atoms with Gasteiger partial charge in [-0.15, -0.1) is 11.3 Å². The van der Waals surface area contributed by atoms with Crippen molar-refractivity contribution in [2.75, 3.05) is 5.32 Å². The van der Waals surface area contributed by atoms with Gasteiger partial charge in [0.25, 0.3) is 0 Å². The molecule has 1 aromatic heterocycles. The van der Waals surface area contributed by atoms with E-state index in [9.17, 15) is 0 Å². The number of fused-ring (bicyclic) bond motifs is 1. The number of thiazole rings is 1. The van der Waals surface area contributed by atoms with E-state index in [1.54, 1.807) is 11.3 Å². The maximum Gasteiger partial charge on any atom is 0.246 e. The summed E-state index contributed by atoms with van der Waals surface area (Å²) in [4.78, 5) is 5.54. The molecule has 0 spiro atoms. The summed E-state index contributed by atoms with van der Waals surface area (Å²) in [5, 5.41) is 3.48. The van der Waals surface area contributed by atoms with Gasteiger partial charge < -0.3 is 14.8 Å². The molecule has 106 valence electrons. The van der Waals surface area contributed by atoms with Gasteiger partial charge in [0.15, 0.2) is 11.5 Å². The van der Waals surface area contributed by atoms with Gasteiger partial charge >= 0.3 is 0 Å². The van der Waals surface area contributed by atoms with Crippen LogP contribution in [0.25, 0.3) is 0 Å². The summed E-state index contributed by atoms with van der Waals surface area (Å²) in [6, 6.07) is 6.15. The van der Waals surface area contributed by atoms with Gasteiger partial charge in [0.1, 0.15) is 0 Å². The van der Waals surface area contributed by atoms with Crippen LogP contribution in [0.3, 0.4) is 0 Å². The SMILES string of the molecule is Cc1ncsc1C(C)Nc1ccc2c(c1)OC(C)(C)O2. The van der Waals surface area contributed by atoms with Crippen LogP contribution in [0, 0.1) is 6.92 Å². The lowest BCUT2D eigenvalue weighted by Gasteiger charge is -2.16. The number of rotatable bonds is 3. The lowest BCUT2D eigenvalue weighted by atomic mass is 10.2. The number of ether oxygens (including phenoxy) is 2. The van der Waals surface area contributed by atoms with Crippen LogP contribution in [-0.2, 0) is 0 Å². The smallest absolute Gasteiger partial charge is 0.246 e. The first-order valence-electron chi connectivity index (χ1n) is 6.63. The minimum absolute atomic E-state index is 0.218. The second kappa shape index (κ2) is 4.66. The first kappa shape index (κ1) is 13.2. The van der Waals surface area contributed by atoms with Gasteiger partial charge in [-0.2, -0.15) is 0 Å². The molecule has 1 N–H and O–H groups in total. The van der Waals surface area contributed by atoms with Gasteiger partial charge in [-0.1, -0.05) is 0 Å². The van der Waals surface area contributed by atoms with Crippen LogP contribution in [-0.4, -0.2) is 10.8 Å². The minimum atomic E-state index is -0.583. The standard InChI is InChI=1S/C15H18N2O2S/c1-9-14(20-8-16-9)10(2)17-11-5-6-12-13(7-11)19-15(3,4)18-12/h5-8,10,17H,1-4H3. The van der Waals surface area contributed by atoms with Gasteiger partial charge in [-0.25, -0.2) is 4.98 Å². The van der Waals surface area contributed by atoms with Gasteiger partial charge in [-0.05, 0) is 26.0 Å². The number of hydrogen-bond acceptors (Lipinski definition) is 5. The first-order valence-corrected chi connectivity index (χ1v) is 7.51. The molecule has 0 bridgehead atoms. The lowest BCUT2D eigenvalue weighted by Crippen LogP contribution is -2.29. The molecule has 20 heavy (non-hydrogen) atoms. The fourth-order valence-electron chi connectivity index (χ4n) is 2.35. The predicted octanol–water partition coefficient (Wildman–Crippen LogP) is 4.13. The van der Waals surface area contributed by atoms with Crippen molar-refractivity contribution in [3.05, 3.63) is 34.3 Å². The molecule has 0 saturated carbocycles. The molecular weight excluding hydrogens is 272 g/mol. The van der Waals surface area contributed by atoms with E-state index in [2.05, 4.69) is 17.2 Å². The van der Waals surface area contributed by atoms with E-state index in [-0.39, 0.29) is 6.04 Å². The zero-order valence-corrected chi connectivity index (χ0v) is 12.9. The van der Waals surface area contributed by atoms with Crippen LogP contribution in [0.5, 0.6) is 11.5 Å². The molecule has 0 fully saturated rings. The predicted molar refractivity (Wildman–Crippen MR) is 80.7 cm³/mol. The fourth-order valence-corrected chi connectivity index (χ4v) is 3.17. The minimum Gasteiger partial charge on any atom is -0.449 e. The number of aryl methyl sites for hydroxylation is 1. The van der Waals surface area contributed by atoms with Crippen LogP contribution >= 0.6 is 11.3 Å². The molecule has 0 aliphatic carbocycles. The Morgan fingerprint density at radius 1 is 1.25 bits per heavy atom. The monoisotopic (exact) mass is 290 g/mol. The molecule has 1 aliphatic rings. The summed E-state index contributed by atoms with van der Waals surface area (Å²) in [6.45, 7) is 7.98. The second-order valence-electron chi connectivity index (χ2n) is 5.43. The molecule has 4 nitrogen and oxygen atoms in total. The van der Waals surface area contributed by atoms with Crippen LogP contribution < -0.4 is 14.8 Å².